The normalized spacial score (nSPS) is 12.1. The van der Waals surface area contributed by atoms with E-state index in [0.717, 1.165) is 17.1 Å². The van der Waals surface area contributed by atoms with Crippen molar-refractivity contribution in [2.24, 2.45) is 0 Å². The SMILES string of the molecule is COc1ccc(C(Br)c2ccc(C)o2)c(OC)c1OC. The molecule has 2 aromatic rings. The van der Waals surface area contributed by atoms with Crippen molar-refractivity contribution < 1.29 is 18.6 Å². The molecule has 1 heterocycles. The van der Waals surface area contributed by atoms with Crippen molar-refractivity contribution in [2.75, 3.05) is 21.3 Å². The van der Waals surface area contributed by atoms with Crippen molar-refractivity contribution >= 4 is 15.9 Å². The molecule has 0 radical (unpaired) electrons. The van der Waals surface area contributed by atoms with Crippen LogP contribution >= 0.6 is 15.9 Å². The summed E-state index contributed by atoms with van der Waals surface area (Å²) >= 11 is 3.64. The quantitative estimate of drug-likeness (QED) is 0.768. The van der Waals surface area contributed by atoms with Crippen LogP contribution in [0.1, 0.15) is 21.9 Å². The molecule has 0 aliphatic heterocycles. The Hall–Kier alpha value is -1.62. The number of rotatable bonds is 5. The number of hydrogen-bond acceptors (Lipinski definition) is 4. The lowest BCUT2D eigenvalue weighted by Crippen LogP contribution is -2.01. The van der Waals surface area contributed by atoms with Crippen LogP contribution in [0.2, 0.25) is 0 Å². The molecule has 0 saturated carbocycles. The molecule has 20 heavy (non-hydrogen) atoms. The predicted octanol–water partition coefficient (Wildman–Crippen LogP) is 4.10. The lowest BCUT2D eigenvalue weighted by Gasteiger charge is -2.17. The molecule has 0 amide bonds. The molecule has 1 atom stereocenters. The highest BCUT2D eigenvalue weighted by atomic mass is 79.9. The first kappa shape index (κ1) is 14.8. The summed E-state index contributed by atoms with van der Waals surface area (Å²) in [5.74, 6) is 3.50. The maximum Gasteiger partial charge on any atom is 0.203 e. The Morgan fingerprint density at radius 2 is 1.65 bits per heavy atom. The van der Waals surface area contributed by atoms with Crippen LogP contribution in [0.25, 0.3) is 0 Å². The van der Waals surface area contributed by atoms with E-state index >= 15 is 0 Å². The van der Waals surface area contributed by atoms with Crippen molar-refractivity contribution in [3.05, 3.63) is 41.3 Å². The Balaban J connectivity index is 2.51. The van der Waals surface area contributed by atoms with Gasteiger partial charge < -0.3 is 18.6 Å². The van der Waals surface area contributed by atoms with E-state index in [1.54, 1.807) is 21.3 Å². The summed E-state index contributed by atoms with van der Waals surface area (Å²) in [4.78, 5) is -0.119. The van der Waals surface area contributed by atoms with Crippen molar-refractivity contribution in [1.29, 1.82) is 0 Å². The summed E-state index contributed by atoms with van der Waals surface area (Å²) in [6.07, 6.45) is 0. The zero-order chi connectivity index (χ0) is 14.7. The van der Waals surface area contributed by atoms with Gasteiger partial charge in [-0.15, -0.1) is 0 Å². The first-order chi connectivity index (χ1) is 9.62. The van der Waals surface area contributed by atoms with Crippen LogP contribution in [0.4, 0.5) is 0 Å². The van der Waals surface area contributed by atoms with E-state index in [4.69, 9.17) is 18.6 Å². The second-order valence-corrected chi connectivity index (χ2v) is 5.15. The molecule has 0 bridgehead atoms. The third kappa shape index (κ3) is 2.63. The first-order valence-electron chi connectivity index (χ1n) is 6.11. The number of alkyl halides is 1. The minimum atomic E-state index is -0.119. The molecule has 2 rings (SSSR count). The Morgan fingerprint density at radius 1 is 0.950 bits per heavy atom. The molecule has 1 unspecified atom stereocenters. The van der Waals surface area contributed by atoms with Crippen molar-refractivity contribution in [2.45, 2.75) is 11.8 Å². The largest absolute Gasteiger partial charge is 0.493 e. The molecule has 0 aliphatic carbocycles. The number of halogens is 1. The van der Waals surface area contributed by atoms with E-state index in [-0.39, 0.29) is 4.83 Å². The molecule has 0 N–H and O–H groups in total. The molecule has 1 aromatic heterocycles. The summed E-state index contributed by atoms with van der Waals surface area (Å²) in [6, 6.07) is 7.64. The van der Waals surface area contributed by atoms with E-state index < -0.39 is 0 Å². The second-order valence-electron chi connectivity index (χ2n) is 4.23. The minimum Gasteiger partial charge on any atom is -0.493 e. The summed E-state index contributed by atoms with van der Waals surface area (Å²) < 4.78 is 21.8. The lowest BCUT2D eigenvalue weighted by molar-refractivity contribution is 0.322. The van der Waals surface area contributed by atoms with Gasteiger partial charge in [-0.1, -0.05) is 15.9 Å². The van der Waals surface area contributed by atoms with Gasteiger partial charge in [0.05, 0.1) is 21.3 Å². The van der Waals surface area contributed by atoms with Crippen LogP contribution in [-0.4, -0.2) is 21.3 Å². The number of furan rings is 1. The highest BCUT2D eigenvalue weighted by Crippen LogP contribution is 2.46. The van der Waals surface area contributed by atoms with E-state index in [2.05, 4.69) is 15.9 Å². The van der Waals surface area contributed by atoms with Crippen LogP contribution in [0, 0.1) is 6.92 Å². The fourth-order valence-corrected chi connectivity index (χ4v) is 2.67. The molecule has 1 aromatic carbocycles. The Morgan fingerprint density at radius 3 is 2.15 bits per heavy atom. The average Bonchev–Trinajstić information content (AvgIpc) is 2.91. The van der Waals surface area contributed by atoms with Gasteiger partial charge in [-0.25, -0.2) is 0 Å². The zero-order valence-corrected chi connectivity index (χ0v) is 13.5. The number of methoxy groups -OCH3 is 3. The third-order valence-corrected chi connectivity index (χ3v) is 3.96. The van der Waals surface area contributed by atoms with E-state index in [1.807, 2.05) is 31.2 Å². The van der Waals surface area contributed by atoms with Crippen LogP contribution in [0.15, 0.2) is 28.7 Å². The van der Waals surface area contributed by atoms with E-state index in [9.17, 15) is 0 Å². The smallest absolute Gasteiger partial charge is 0.203 e. The van der Waals surface area contributed by atoms with Crippen molar-refractivity contribution in [3.8, 4) is 17.2 Å². The van der Waals surface area contributed by atoms with Gasteiger partial charge in [0.25, 0.3) is 0 Å². The maximum atomic E-state index is 5.65. The fourth-order valence-electron chi connectivity index (χ4n) is 2.07. The van der Waals surface area contributed by atoms with Crippen LogP contribution in [-0.2, 0) is 0 Å². The first-order valence-corrected chi connectivity index (χ1v) is 7.03. The van der Waals surface area contributed by atoms with Gasteiger partial charge in [-0.05, 0) is 31.2 Å². The monoisotopic (exact) mass is 340 g/mol. The average molecular weight is 341 g/mol. The van der Waals surface area contributed by atoms with Crippen molar-refractivity contribution in [3.63, 3.8) is 0 Å². The van der Waals surface area contributed by atoms with Gasteiger partial charge in [0.1, 0.15) is 16.3 Å². The third-order valence-electron chi connectivity index (χ3n) is 3.02. The van der Waals surface area contributed by atoms with Crippen molar-refractivity contribution in [1.82, 2.24) is 0 Å². The fraction of sp³-hybridized carbons (Fsp3) is 0.333. The molecule has 4 nitrogen and oxygen atoms in total. The van der Waals surface area contributed by atoms with Gasteiger partial charge in [0.15, 0.2) is 11.5 Å². The molecule has 0 aliphatic rings. The van der Waals surface area contributed by atoms with E-state index in [1.165, 1.54) is 0 Å². The zero-order valence-electron chi connectivity index (χ0n) is 11.9. The van der Waals surface area contributed by atoms with Gasteiger partial charge in [0, 0.05) is 5.56 Å². The topological polar surface area (TPSA) is 40.8 Å². The van der Waals surface area contributed by atoms with E-state index in [0.29, 0.717) is 17.2 Å². The highest BCUT2D eigenvalue weighted by molar-refractivity contribution is 9.09. The summed E-state index contributed by atoms with van der Waals surface area (Å²) in [6.45, 7) is 1.91. The molecular weight excluding hydrogens is 324 g/mol. The van der Waals surface area contributed by atoms with Crippen LogP contribution in [0.5, 0.6) is 17.2 Å². The number of aryl methyl sites for hydroxylation is 1. The number of ether oxygens (including phenoxy) is 3. The molecule has 0 fully saturated rings. The van der Waals surface area contributed by atoms with Gasteiger partial charge in [0.2, 0.25) is 5.75 Å². The highest BCUT2D eigenvalue weighted by Gasteiger charge is 2.23. The van der Waals surface area contributed by atoms with Gasteiger partial charge in [-0.2, -0.15) is 0 Å². The van der Waals surface area contributed by atoms with Crippen LogP contribution < -0.4 is 14.2 Å². The van der Waals surface area contributed by atoms with Crippen LogP contribution in [0.3, 0.4) is 0 Å². The summed E-state index contributed by atoms with van der Waals surface area (Å²) in [7, 11) is 4.79. The molecule has 5 heteroatoms. The summed E-state index contributed by atoms with van der Waals surface area (Å²) in [5, 5.41) is 0. The molecule has 108 valence electrons. The van der Waals surface area contributed by atoms with Gasteiger partial charge >= 0.3 is 0 Å². The number of benzene rings is 1. The minimum absolute atomic E-state index is 0.119. The Bertz CT molecular complexity index is 592. The Labute approximate surface area is 126 Å². The molecule has 0 saturated heterocycles. The summed E-state index contributed by atoms with van der Waals surface area (Å²) in [5.41, 5.74) is 0.916. The molecule has 0 spiro atoms. The maximum absolute atomic E-state index is 5.65. The Kier molecular flexibility index (Phi) is 4.60. The van der Waals surface area contributed by atoms with Gasteiger partial charge in [-0.3, -0.25) is 0 Å². The lowest BCUT2D eigenvalue weighted by atomic mass is 10.1. The number of hydrogen-bond donors (Lipinski definition) is 0. The standard InChI is InChI=1S/C15H17BrO4/c1-9-5-7-11(20-9)13(16)10-6-8-12(17-2)15(19-4)14(10)18-3/h5-8,13H,1-4H3. The second kappa shape index (κ2) is 6.22. The molecular formula is C15H17BrO4. The predicted molar refractivity (Wildman–Crippen MR) is 80.3 cm³/mol.